The minimum absolute atomic E-state index is 0.00259. The van der Waals surface area contributed by atoms with Crippen LogP contribution in [0.1, 0.15) is 35.0 Å². The summed E-state index contributed by atoms with van der Waals surface area (Å²) in [6.45, 7) is 1.53. The molecule has 0 saturated carbocycles. The van der Waals surface area contributed by atoms with Crippen LogP contribution in [0, 0.1) is 5.92 Å². The Balaban J connectivity index is 1.54. The third kappa shape index (κ3) is 2.95. The predicted molar refractivity (Wildman–Crippen MR) is 98.9 cm³/mol. The fourth-order valence-corrected chi connectivity index (χ4v) is 3.65. The average Bonchev–Trinajstić information content (AvgIpc) is 2.99. The number of Topliss-reactive ketones (excluding diaryl/α,β-unsaturated/α-hetero) is 1. The number of rotatable bonds is 3. The lowest BCUT2D eigenvalue weighted by molar-refractivity contribution is -0.120. The fourth-order valence-electron chi connectivity index (χ4n) is 3.65. The number of anilines is 1. The van der Waals surface area contributed by atoms with Crippen LogP contribution in [-0.2, 0) is 17.6 Å². The lowest BCUT2D eigenvalue weighted by atomic mass is 9.85. The van der Waals surface area contributed by atoms with Crippen LogP contribution < -0.4 is 5.32 Å². The number of benzene rings is 2. The number of ketones is 1. The first-order chi connectivity index (χ1) is 12.1. The smallest absolute Gasteiger partial charge is 0.227 e. The van der Waals surface area contributed by atoms with Crippen molar-refractivity contribution in [2.24, 2.45) is 5.92 Å². The lowest BCUT2D eigenvalue weighted by Crippen LogP contribution is -2.28. The molecule has 4 heteroatoms. The molecule has 4 rings (SSSR count). The molecule has 126 valence electrons. The second-order valence-corrected chi connectivity index (χ2v) is 6.69. The first-order valence-electron chi connectivity index (χ1n) is 8.62. The number of hydrogen-bond donors (Lipinski definition) is 2. The number of aryl methyl sites for hydroxylation is 1. The van der Waals surface area contributed by atoms with E-state index in [1.165, 1.54) is 23.6 Å². The number of carbonyl (C=O) groups excluding carboxylic acids is 2. The summed E-state index contributed by atoms with van der Waals surface area (Å²) >= 11 is 0. The molecule has 0 saturated heterocycles. The first-order valence-corrected chi connectivity index (χ1v) is 8.62. The Morgan fingerprint density at radius 2 is 1.96 bits per heavy atom. The van der Waals surface area contributed by atoms with Gasteiger partial charge in [-0.15, -0.1) is 0 Å². The third-order valence-electron chi connectivity index (χ3n) is 5.00. The molecule has 0 bridgehead atoms. The van der Waals surface area contributed by atoms with Crippen LogP contribution in [0.25, 0.3) is 10.9 Å². The highest BCUT2D eigenvalue weighted by Crippen LogP contribution is 2.32. The van der Waals surface area contributed by atoms with Gasteiger partial charge in [0.05, 0.1) is 0 Å². The molecule has 25 heavy (non-hydrogen) atoms. The molecule has 3 aromatic rings. The third-order valence-corrected chi connectivity index (χ3v) is 5.00. The van der Waals surface area contributed by atoms with Crippen LogP contribution in [0.3, 0.4) is 0 Å². The van der Waals surface area contributed by atoms with Gasteiger partial charge in [-0.25, -0.2) is 0 Å². The van der Waals surface area contributed by atoms with Crippen LogP contribution in [0.15, 0.2) is 48.5 Å². The van der Waals surface area contributed by atoms with Gasteiger partial charge in [0.2, 0.25) is 5.91 Å². The summed E-state index contributed by atoms with van der Waals surface area (Å²) in [4.78, 5) is 27.7. The Morgan fingerprint density at radius 3 is 2.80 bits per heavy atom. The summed E-state index contributed by atoms with van der Waals surface area (Å²) < 4.78 is 0. The monoisotopic (exact) mass is 332 g/mol. The molecular formula is C21H20N2O2. The Kier molecular flexibility index (Phi) is 3.88. The molecule has 1 atom stereocenters. The quantitative estimate of drug-likeness (QED) is 0.709. The number of hydrogen-bond acceptors (Lipinski definition) is 2. The Hall–Kier alpha value is -2.88. The number of nitrogens with one attached hydrogen (secondary N) is 2. The number of carbonyl (C=O) groups is 2. The minimum Gasteiger partial charge on any atom is -0.358 e. The number of aromatic amines is 1. The lowest BCUT2D eigenvalue weighted by Gasteiger charge is -2.22. The summed E-state index contributed by atoms with van der Waals surface area (Å²) in [5, 5.41) is 4.19. The van der Waals surface area contributed by atoms with Gasteiger partial charge in [0.1, 0.15) is 0 Å². The maximum atomic E-state index is 12.7. The van der Waals surface area contributed by atoms with Crippen molar-refractivity contribution in [3.8, 4) is 0 Å². The molecule has 1 heterocycles. The molecule has 1 aromatic heterocycles. The van der Waals surface area contributed by atoms with Crippen molar-refractivity contribution in [3.05, 3.63) is 65.4 Å². The van der Waals surface area contributed by atoms with Crippen molar-refractivity contribution in [1.29, 1.82) is 0 Å². The summed E-state index contributed by atoms with van der Waals surface area (Å²) in [6.07, 6.45) is 2.46. The van der Waals surface area contributed by atoms with Gasteiger partial charge in [-0.3, -0.25) is 9.59 Å². The number of H-pyrrole nitrogens is 1. The van der Waals surface area contributed by atoms with Gasteiger partial charge in [0, 0.05) is 33.8 Å². The molecule has 0 aliphatic heterocycles. The molecule has 1 amide bonds. The zero-order valence-electron chi connectivity index (χ0n) is 14.1. The maximum Gasteiger partial charge on any atom is 0.227 e. The Morgan fingerprint density at radius 1 is 1.12 bits per heavy atom. The van der Waals surface area contributed by atoms with E-state index in [1.807, 2.05) is 18.2 Å². The number of fused-ring (bicyclic) bond motifs is 3. The minimum atomic E-state index is -0.0484. The van der Waals surface area contributed by atoms with Crippen LogP contribution >= 0.6 is 0 Å². The molecule has 1 unspecified atom stereocenters. The van der Waals surface area contributed by atoms with E-state index in [9.17, 15) is 9.59 Å². The van der Waals surface area contributed by atoms with Gasteiger partial charge in [-0.2, -0.15) is 0 Å². The molecule has 2 N–H and O–H groups in total. The van der Waals surface area contributed by atoms with Gasteiger partial charge in [-0.1, -0.05) is 30.3 Å². The standard InChI is InChI=1S/C21H20N2O2/c1-13(24)14-5-4-6-16(11-14)22-21(25)15-9-10-20-18(12-15)17-7-2-3-8-19(17)23-20/h2-8,11,15,23H,9-10,12H2,1H3,(H,22,25). The Bertz CT molecular complexity index is 971. The van der Waals surface area contributed by atoms with Gasteiger partial charge >= 0.3 is 0 Å². The molecule has 0 spiro atoms. The van der Waals surface area contributed by atoms with E-state index in [0.717, 1.165) is 24.8 Å². The number of aromatic nitrogens is 1. The highest BCUT2D eigenvalue weighted by molar-refractivity contribution is 5.98. The van der Waals surface area contributed by atoms with Gasteiger partial charge in [-0.05, 0) is 49.9 Å². The summed E-state index contributed by atoms with van der Waals surface area (Å²) in [6, 6.07) is 15.4. The normalized spacial score (nSPS) is 16.4. The zero-order chi connectivity index (χ0) is 17.4. The second-order valence-electron chi connectivity index (χ2n) is 6.69. The van der Waals surface area contributed by atoms with E-state index in [0.29, 0.717) is 11.3 Å². The topological polar surface area (TPSA) is 62.0 Å². The van der Waals surface area contributed by atoms with Crippen molar-refractivity contribution in [1.82, 2.24) is 4.98 Å². The van der Waals surface area contributed by atoms with Crippen LogP contribution in [0.5, 0.6) is 0 Å². The van der Waals surface area contributed by atoms with E-state index in [2.05, 4.69) is 22.4 Å². The van der Waals surface area contributed by atoms with Crippen molar-refractivity contribution < 1.29 is 9.59 Å². The van der Waals surface area contributed by atoms with E-state index in [-0.39, 0.29) is 17.6 Å². The highest BCUT2D eigenvalue weighted by atomic mass is 16.2. The predicted octanol–water partition coefficient (Wildman–Crippen LogP) is 4.11. The van der Waals surface area contributed by atoms with Crippen molar-refractivity contribution in [2.45, 2.75) is 26.2 Å². The van der Waals surface area contributed by atoms with Gasteiger partial charge < -0.3 is 10.3 Å². The summed E-state index contributed by atoms with van der Waals surface area (Å²) in [5.41, 5.74) is 4.95. The second kappa shape index (κ2) is 6.20. The SMILES string of the molecule is CC(=O)c1cccc(NC(=O)C2CCc3[nH]c4ccccc4c3C2)c1. The molecule has 1 aliphatic rings. The number of para-hydroxylation sites is 1. The number of amides is 1. The first kappa shape index (κ1) is 15.6. The van der Waals surface area contributed by atoms with E-state index < -0.39 is 0 Å². The van der Waals surface area contributed by atoms with E-state index in [1.54, 1.807) is 18.2 Å². The maximum absolute atomic E-state index is 12.7. The highest BCUT2D eigenvalue weighted by Gasteiger charge is 2.27. The van der Waals surface area contributed by atoms with Gasteiger partial charge in [0.15, 0.2) is 5.78 Å². The molecule has 2 aromatic carbocycles. The molecule has 1 aliphatic carbocycles. The van der Waals surface area contributed by atoms with Crippen molar-refractivity contribution >= 4 is 28.3 Å². The van der Waals surface area contributed by atoms with Crippen molar-refractivity contribution in [3.63, 3.8) is 0 Å². The summed E-state index contributed by atoms with van der Waals surface area (Å²) in [5.74, 6) is -0.0264. The summed E-state index contributed by atoms with van der Waals surface area (Å²) in [7, 11) is 0. The largest absolute Gasteiger partial charge is 0.358 e. The Labute approximate surface area is 146 Å². The molecule has 0 radical (unpaired) electrons. The van der Waals surface area contributed by atoms with Crippen LogP contribution in [0.4, 0.5) is 5.69 Å². The fraction of sp³-hybridized carbons (Fsp3) is 0.238. The van der Waals surface area contributed by atoms with Crippen LogP contribution in [-0.4, -0.2) is 16.7 Å². The van der Waals surface area contributed by atoms with E-state index >= 15 is 0 Å². The molecular weight excluding hydrogens is 312 g/mol. The van der Waals surface area contributed by atoms with Crippen LogP contribution in [0.2, 0.25) is 0 Å². The van der Waals surface area contributed by atoms with Crippen molar-refractivity contribution in [2.75, 3.05) is 5.32 Å². The average molecular weight is 332 g/mol. The molecule has 4 nitrogen and oxygen atoms in total. The van der Waals surface area contributed by atoms with E-state index in [4.69, 9.17) is 0 Å². The zero-order valence-corrected chi connectivity index (χ0v) is 14.1. The van der Waals surface area contributed by atoms with Gasteiger partial charge in [0.25, 0.3) is 0 Å². The molecule has 0 fully saturated rings.